The van der Waals surface area contributed by atoms with Crippen LogP contribution < -0.4 is 9.47 Å². The zero-order valence-electron chi connectivity index (χ0n) is 15.5. The van der Waals surface area contributed by atoms with E-state index in [1.807, 2.05) is 0 Å². The Kier molecular flexibility index (Phi) is 7.10. The quantitative estimate of drug-likeness (QED) is 0.286. The lowest BCUT2D eigenvalue weighted by Crippen LogP contribution is -2.27. The molecule has 0 radical (unpaired) electrons. The van der Waals surface area contributed by atoms with Gasteiger partial charge in [-0.05, 0) is 45.8 Å². The van der Waals surface area contributed by atoms with Gasteiger partial charge in [0.25, 0.3) is 5.91 Å². The Morgan fingerprint density at radius 1 is 1.34 bits per heavy atom. The van der Waals surface area contributed by atoms with E-state index >= 15 is 0 Å². The van der Waals surface area contributed by atoms with E-state index in [2.05, 4.69) is 22.5 Å². The van der Waals surface area contributed by atoms with Gasteiger partial charge in [-0.15, -0.1) is 6.58 Å². The molecule has 0 N–H and O–H groups in total. The molecule has 0 bridgehead atoms. The van der Waals surface area contributed by atoms with Crippen LogP contribution in [0.2, 0.25) is 0 Å². The number of ether oxygens (including phenoxy) is 2. The fourth-order valence-corrected chi connectivity index (χ4v) is 4.52. The number of hydrogen-bond donors (Lipinski definition) is 0. The summed E-state index contributed by atoms with van der Waals surface area (Å²) in [6.45, 7) is 4.08. The molecular weight excluding hydrogens is 477 g/mol. The van der Waals surface area contributed by atoms with Crippen molar-refractivity contribution < 1.29 is 18.7 Å². The Hall–Kier alpha value is -2.16. The first-order chi connectivity index (χ1) is 13.9. The summed E-state index contributed by atoms with van der Waals surface area (Å²) < 4.78 is 26.2. The van der Waals surface area contributed by atoms with Gasteiger partial charge in [0.05, 0.1) is 16.5 Å². The van der Waals surface area contributed by atoms with Gasteiger partial charge in [-0.1, -0.05) is 48.3 Å². The highest BCUT2D eigenvalue weighted by Crippen LogP contribution is 2.39. The Bertz CT molecular complexity index is 1010. The van der Waals surface area contributed by atoms with Gasteiger partial charge in [0.2, 0.25) is 0 Å². The van der Waals surface area contributed by atoms with Crippen LogP contribution in [0.1, 0.15) is 11.1 Å². The number of carbonyl (C=O) groups excluding carboxylic acids is 1. The predicted molar refractivity (Wildman–Crippen MR) is 122 cm³/mol. The van der Waals surface area contributed by atoms with E-state index in [0.717, 1.165) is 5.56 Å². The zero-order valence-corrected chi connectivity index (χ0v) is 18.7. The molecule has 0 aliphatic carbocycles. The highest BCUT2D eigenvalue weighted by Gasteiger charge is 2.31. The molecule has 4 nitrogen and oxygen atoms in total. The number of benzene rings is 2. The van der Waals surface area contributed by atoms with Crippen molar-refractivity contribution in [3.63, 3.8) is 0 Å². The van der Waals surface area contributed by atoms with Gasteiger partial charge >= 0.3 is 0 Å². The number of thioether (sulfide) groups is 1. The topological polar surface area (TPSA) is 38.8 Å². The molecule has 150 valence electrons. The van der Waals surface area contributed by atoms with Crippen LogP contribution in [0, 0.1) is 5.82 Å². The van der Waals surface area contributed by atoms with Gasteiger partial charge in [0, 0.05) is 12.1 Å². The minimum absolute atomic E-state index is 0.0567. The SMILES string of the molecule is C=CCN1C(=O)/C(=C\c2cc(Br)c(OCc3ccccc3F)c(OC)c2)SC1=S. The van der Waals surface area contributed by atoms with E-state index in [1.54, 1.807) is 42.5 Å². The lowest BCUT2D eigenvalue weighted by atomic mass is 10.1. The number of amides is 1. The van der Waals surface area contributed by atoms with Crippen LogP contribution in [0.3, 0.4) is 0 Å². The van der Waals surface area contributed by atoms with Crippen molar-refractivity contribution in [2.24, 2.45) is 0 Å². The highest BCUT2D eigenvalue weighted by molar-refractivity contribution is 9.10. The van der Waals surface area contributed by atoms with Crippen molar-refractivity contribution in [2.45, 2.75) is 6.61 Å². The molecule has 0 aromatic heterocycles. The van der Waals surface area contributed by atoms with Crippen molar-refractivity contribution >= 4 is 56.2 Å². The first-order valence-corrected chi connectivity index (χ1v) is 10.6. The first kappa shape index (κ1) is 21.5. The first-order valence-electron chi connectivity index (χ1n) is 8.54. The Morgan fingerprint density at radius 3 is 2.79 bits per heavy atom. The van der Waals surface area contributed by atoms with Gasteiger partial charge < -0.3 is 9.47 Å². The summed E-state index contributed by atoms with van der Waals surface area (Å²) in [5.41, 5.74) is 1.18. The maximum atomic E-state index is 13.8. The lowest BCUT2D eigenvalue weighted by Gasteiger charge is -2.14. The van der Waals surface area contributed by atoms with Gasteiger partial charge in [0.1, 0.15) is 16.7 Å². The number of rotatable bonds is 7. The van der Waals surface area contributed by atoms with Crippen molar-refractivity contribution in [1.82, 2.24) is 4.90 Å². The molecule has 1 aliphatic rings. The van der Waals surface area contributed by atoms with Gasteiger partial charge in [-0.2, -0.15) is 0 Å². The average Bonchev–Trinajstić information content (AvgIpc) is 2.95. The van der Waals surface area contributed by atoms with Gasteiger partial charge in [-0.3, -0.25) is 9.69 Å². The van der Waals surface area contributed by atoms with Crippen LogP contribution in [0.15, 0.2) is 58.4 Å². The molecular formula is C21H17BrFNO3S2. The Balaban J connectivity index is 1.85. The third-order valence-corrected chi connectivity index (χ3v) is 6.03. The van der Waals surface area contributed by atoms with E-state index in [0.29, 0.717) is 37.3 Å². The maximum Gasteiger partial charge on any atom is 0.266 e. The third-order valence-electron chi connectivity index (χ3n) is 4.06. The van der Waals surface area contributed by atoms with Crippen molar-refractivity contribution in [1.29, 1.82) is 0 Å². The average molecular weight is 494 g/mol. The number of carbonyl (C=O) groups is 1. The summed E-state index contributed by atoms with van der Waals surface area (Å²) in [6, 6.07) is 9.98. The molecule has 0 saturated carbocycles. The summed E-state index contributed by atoms with van der Waals surface area (Å²) in [4.78, 5) is 14.5. The molecule has 1 heterocycles. The fourth-order valence-electron chi connectivity index (χ4n) is 2.67. The zero-order chi connectivity index (χ0) is 21.0. The molecule has 1 fully saturated rings. The molecule has 0 spiro atoms. The monoisotopic (exact) mass is 493 g/mol. The van der Waals surface area contributed by atoms with Crippen LogP contribution in [-0.4, -0.2) is 28.8 Å². The molecule has 1 saturated heterocycles. The molecule has 1 aliphatic heterocycles. The minimum atomic E-state index is -0.333. The van der Waals surface area contributed by atoms with E-state index in [9.17, 15) is 9.18 Å². The lowest BCUT2D eigenvalue weighted by molar-refractivity contribution is -0.121. The van der Waals surface area contributed by atoms with Gasteiger partial charge in [0.15, 0.2) is 11.5 Å². The van der Waals surface area contributed by atoms with E-state index in [-0.39, 0.29) is 18.3 Å². The van der Waals surface area contributed by atoms with E-state index in [1.165, 1.54) is 29.8 Å². The predicted octanol–water partition coefficient (Wildman–Crippen LogP) is 5.56. The summed E-state index contributed by atoms with van der Waals surface area (Å²) >= 11 is 9.97. The molecule has 2 aromatic carbocycles. The minimum Gasteiger partial charge on any atom is -0.493 e. The largest absolute Gasteiger partial charge is 0.493 e. The normalized spacial score (nSPS) is 15.1. The van der Waals surface area contributed by atoms with Crippen LogP contribution in [0.4, 0.5) is 4.39 Å². The molecule has 8 heteroatoms. The molecule has 2 aromatic rings. The van der Waals surface area contributed by atoms with Crippen LogP contribution in [-0.2, 0) is 11.4 Å². The van der Waals surface area contributed by atoms with Crippen molar-refractivity contribution in [2.75, 3.05) is 13.7 Å². The highest BCUT2D eigenvalue weighted by atomic mass is 79.9. The molecule has 3 rings (SSSR count). The molecule has 0 unspecified atom stereocenters. The summed E-state index contributed by atoms with van der Waals surface area (Å²) in [6.07, 6.45) is 3.38. The number of halogens is 2. The smallest absolute Gasteiger partial charge is 0.266 e. The summed E-state index contributed by atoms with van der Waals surface area (Å²) in [5, 5.41) is 0. The van der Waals surface area contributed by atoms with Crippen LogP contribution in [0.5, 0.6) is 11.5 Å². The Labute approximate surface area is 186 Å². The fraction of sp³-hybridized carbons (Fsp3) is 0.143. The molecule has 29 heavy (non-hydrogen) atoms. The molecule has 0 atom stereocenters. The van der Waals surface area contributed by atoms with Crippen LogP contribution >= 0.6 is 39.9 Å². The number of thiocarbonyl (C=S) groups is 1. The number of methoxy groups -OCH3 is 1. The maximum absolute atomic E-state index is 13.8. The van der Waals surface area contributed by atoms with Crippen molar-refractivity contribution in [3.8, 4) is 11.5 Å². The third kappa shape index (κ3) is 4.88. The summed E-state index contributed by atoms with van der Waals surface area (Å²) in [7, 11) is 1.52. The number of nitrogens with zero attached hydrogens (tertiary/aromatic N) is 1. The number of hydrogen-bond acceptors (Lipinski definition) is 5. The van der Waals surface area contributed by atoms with E-state index in [4.69, 9.17) is 21.7 Å². The molecule has 1 amide bonds. The van der Waals surface area contributed by atoms with Crippen molar-refractivity contribution in [3.05, 3.63) is 75.4 Å². The summed E-state index contributed by atoms with van der Waals surface area (Å²) in [5.74, 6) is 0.422. The second-order valence-electron chi connectivity index (χ2n) is 6.00. The second kappa shape index (κ2) is 9.56. The standard InChI is InChI=1S/C21H17BrFNO3S2/c1-3-8-24-20(25)18(29-21(24)28)11-13-9-15(22)19(17(10-13)26-2)27-12-14-6-4-5-7-16(14)23/h3-7,9-11H,1,8,12H2,2H3/b18-11+. The van der Waals surface area contributed by atoms with Gasteiger partial charge in [-0.25, -0.2) is 4.39 Å². The Morgan fingerprint density at radius 2 is 2.10 bits per heavy atom. The van der Waals surface area contributed by atoms with Crippen LogP contribution in [0.25, 0.3) is 6.08 Å². The second-order valence-corrected chi connectivity index (χ2v) is 8.53. The van der Waals surface area contributed by atoms with E-state index < -0.39 is 0 Å².